The van der Waals surface area contributed by atoms with E-state index < -0.39 is 0 Å². The Bertz CT molecular complexity index is 320. The topological polar surface area (TPSA) is 55.8 Å². The highest BCUT2D eigenvalue weighted by molar-refractivity contribution is 5.78. The van der Waals surface area contributed by atoms with Crippen molar-refractivity contribution >= 4 is 11.9 Å². The molecular weight excluding hydrogens is 222 g/mol. The van der Waals surface area contributed by atoms with E-state index in [0.29, 0.717) is 0 Å². The minimum atomic E-state index is -0.0957. The molecule has 1 spiro atoms. The zero-order valence-corrected chi connectivity index (χ0v) is 10.4. The fraction of sp³-hybridized carbons (Fsp3) is 0.833. The summed E-state index contributed by atoms with van der Waals surface area (Å²) in [5.41, 5.74) is 0.122. The van der Waals surface area contributed by atoms with Crippen LogP contribution in [0, 0.1) is 11.3 Å². The van der Waals surface area contributed by atoms with Crippen molar-refractivity contribution in [3.05, 3.63) is 0 Å². The molecule has 0 unspecified atom stereocenters. The molecule has 0 bridgehead atoms. The third-order valence-electron chi connectivity index (χ3n) is 4.06. The normalized spacial score (nSPS) is 25.8. The lowest BCUT2D eigenvalue weighted by molar-refractivity contribution is -0.143. The molecule has 5 nitrogen and oxygen atoms in total. The number of likely N-dealkylation sites (tertiary alicyclic amines) is 1. The van der Waals surface area contributed by atoms with E-state index in [9.17, 15) is 9.59 Å². The smallest absolute Gasteiger partial charge is 0.309 e. The van der Waals surface area contributed by atoms with Crippen molar-refractivity contribution in [2.75, 3.05) is 33.9 Å². The van der Waals surface area contributed by atoms with Crippen LogP contribution in [0.25, 0.3) is 0 Å². The van der Waals surface area contributed by atoms with Crippen LogP contribution in [0.1, 0.15) is 19.3 Å². The van der Waals surface area contributed by atoms with Crippen molar-refractivity contribution in [3.8, 4) is 0 Å². The molecule has 17 heavy (non-hydrogen) atoms. The quantitative estimate of drug-likeness (QED) is 0.673. The van der Waals surface area contributed by atoms with Gasteiger partial charge in [0.25, 0.3) is 0 Å². The first-order valence-corrected chi connectivity index (χ1v) is 5.97. The maximum Gasteiger partial charge on any atom is 0.309 e. The number of amides is 1. The number of rotatable bonds is 3. The highest BCUT2D eigenvalue weighted by atomic mass is 16.5. The third kappa shape index (κ3) is 2.29. The Morgan fingerprint density at radius 1 is 1.29 bits per heavy atom. The van der Waals surface area contributed by atoms with Gasteiger partial charge in [-0.15, -0.1) is 0 Å². The molecule has 96 valence electrons. The van der Waals surface area contributed by atoms with Gasteiger partial charge in [0.2, 0.25) is 5.91 Å². The molecule has 1 saturated heterocycles. The Morgan fingerprint density at radius 2 is 1.94 bits per heavy atom. The van der Waals surface area contributed by atoms with E-state index in [0.717, 1.165) is 32.4 Å². The van der Waals surface area contributed by atoms with Gasteiger partial charge in [-0.3, -0.25) is 9.59 Å². The fourth-order valence-electron chi connectivity index (χ4n) is 2.79. The van der Waals surface area contributed by atoms with Crippen molar-refractivity contribution < 1.29 is 19.1 Å². The molecule has 1 amide bonds. The number of piperidine rings is 1. The first-order chi connectivity index (χ1) is 8.13. The van der Waals surface area contributed by atoms with Crippen molar-refractivity contribution in [1.82, 2.24) is 4.90 Å². The molecule has 2 fully saturated rings. The molecule has 1 aliphatic heterocycles. The van der Waals surface area contributed by atoms with Crippen LogP contribution in [0.15, 0.2) is 0 Å². The van der Waals surface area contributed by atoms with Gasteiger partial charge in [-0.2, -0.15) is 0 Å². The highest BCUT2D eigenvalue weighted by Gasteiger charge is 2.59. The summed E-state index contributed by atoms with van der Waals surface area (Å²) in [5.74, 6) is 0.00598. The summed E-state index contributed by atoms with van der Waals surface area (Å²) in [5, 5.41) is 0. The fourth-order valence-corrected chi connectivity index (χ4v) is 2.79. The maximum absolute atomic E-state index is 11.6. The van der Waals surface area contributed by atoms with Crippen LogP contribution in [0.5, 0.6) is 0 Å². The summed E-state index contributed by atoms with van der Waals surface area (Å²) in [4.78, 5) is 24.9. The van der Waals surface area contributed by atoms with Crippen molar-refractivity contribution in [2.24, 2.45) is 11.3 Å². The minimum absolute atomic E-state index is 0.0395. The number of nitrogens with zero attached hydrogens (tertiary/aromatic N) is 1. The van der Waals surface area contributed by atoms with E-state index in [1.807, 2.05) is 4.90 Å². The molecule has 5 heteroatoms. The van der Waals surface area contributed by atoms with Crippen molar-refractivity contribution in [2.45, 2.75) is 19.3 Å². The maximum atomic E-state index is 11.6. The van der Waals surface area contributed by atoms with E-state index in [-0.39, 0.29) is 29.8 Å². The van der Waals surface area contributed by atoms with Crippen LogP contribution in [0.3, 0.4) is 0 Å². The Morgan fingerprint density at radius 3 is 2.47 bits per heavy atom. The number of carbonyl (C=O) groups is 2. The lowest BCUT2D eigenvalue weighted by Gasteiger charge is -2.32. The van der Waals surface area contributed by atoms with Crippen molar-refractivity contribution in [3.63, 3.8) is 0 Å². The number of methoxy groups -OCH3 is 2. The molecule has 0 aromatic carbocycles. The number of hydrogen-bond acceptors (Lipinski definition) is 4. The molecule has 1 aliphatic carbocycles. The Balaban J connectivity index is 1.83. The number of carbonyl (C=O) groups excluding carboxylic acids is 2. The van der Waals surface area contributed by atoms with Crippen LogP contribution >= 0.6 is 0 Å². The average Bonchev–Trinajstić information content (AvgIpc) is 3.03. The van der Waals surface area contributed by atoms with Crippen molar-refractivity contribution in [1.29, 1.82) is 0 Å². The zero-order chi connectivity index (χ0) is 12.5. The lowest BCUT2D eigenvalue weighted by Crippen LogP contribution is -2.41. The van der Waals surface area contributed by atoms with E-state index in [2.05, 4.69) is 0 Å². The molecule has 2 rings (SSSR count). The standard InChI is InChI=1S/C12H19NO4/c1-16-8-10(14)13-5-3-12(4-6-13)7-9(12)11(15)17-2/h9H,3-8H2,1-2H3/t9-/m0/s1. The predicted molar refractivity (Wildman–Crippen MR) is 60.2 cm³/mol. The summed E-state index contributed by atoms with van der Waals surface area (Å²) in [6, 6.07) is 0. The van der Waals surface area contributed by atoms with Gasteiger partial charge >= 0.3 is 5.97 Å². The summed E-state index contributed by atoms with van der Waals surface area (Å²) in [7, 11) is 2.96. The van der Waals surface area contributed by atoms with E-state index in [1.54, 1.807) is 0 Å². The largest absolute Gasteiger partial charge is 0.469 e. The Kier molecular flexibility index (Phi) is 3.38. The Hall–Kier alpha value is -1.10. The van der Waals surface area contributed by atoms with Crippen LogP contribution in [0.2, 0.25) is 0 Å². The van der Waals surface area contributed by atoms with Gasteiger partial charge in [-0.25, -0.2) is 0 Å². The van der Waals surface area contributed by atoms with Crippen LogP contribution in [-0.2, 0) is 19.1 Å². The number of hydrogen-bond donors (Lipinski definition) is 0. The predicted octanol–water partition coefficient (Wildman–Crippen LogP) is 0.434. The minimum Gasteiger partial charge on any atom is -0.469 e. The summed E-state index contributed by atoms with van der Waals surface area (Å²) < 4.78 is 9.61. The molecular formula is C12H19NO4. The molecule has 0 aromatic heterocycles. The highest BCUT2D eigenvalue weighted by Crippen LogP contribution is 2.59. The van der Waals surface area contributed by atoms with Gasteiger partial charge in [-0.1, -0.05) is 0 Å². The lowest BCUT2D eigenvalue weighted by atomic mass is 9.91. The second kappa shape index (κ2) is 4.64. The number of ether oxygens (including phenoxy) is 2. The van der Waals surface area contributed by atoms with Gasteiger partial charge < -0.3 is 14.4 Å². The second-order valence-corrected chi connectivity index (χ2v) is 4.96. The molecule has 2 aliphatic rings. The first kappa shape index (κ1) is 12.4. The first-order valence-electron chi connectivity index (χ1n) is 5.97. The van der Waals surface area contributed by atoms with Gasteiger partial charge in [-0.05, 0) is 24.7 Å². The van der Waals surface area contributed by atoms with E-state index in [4.69, 9.17) is 9.47 Å². The molecule has 0 N–H and O–H groups in total. The second-order valence-electron chi connectivity index (χ2n) is 4.96. The SMILES string of the molecule is COCC(=O)N1CCC2(CC1)C[C@H]2C(=O)OC. The van der Waals surface area contributed by atoms with E-state index in [1.165, 1.54) is 14.2 Å². The molecule has 1 heterocycles. The van der Waals surface area contributed by atoms with E-state index >= 15 is 0 Å². The van der Waals surface area contributed by atoms with Crippen LogP contribution < -0.4 is 0 Å². The molecule has 0 radical (unpaired) electrons. The molecule has 1 atom stereocenters. The zero-order valence-electron chi connectivity index (χ0n) is 10.4. The Labute approximate surface area is 101 Å². The third-order valence-corrected chi connectivity index (χ3v) is 4.06. The number of esters is 1. The van der Waals surface area contributed by atoms with Gasteiger partial charge in [0.05, 0.1) is 13.0 Å². The summed E-state index contributed by atoms with van der Waals surface area (Å²) in [6.45, 7) is 1.61. The monoisotopic (exact) mass is 241 g/mol. The van der Waals surface area contributed by atoms with Gasteiger partial charge in [0.15, 0.2) is 0 Å². The molecule has 0 aromatic rings. The molecule has 1 saturated carbocycles. The summed E-state index contributed by atoms with van der Waals surface area (Å²) in [6.07, 6.45) is 2.73. The van der Waals surface area contributed by atoms with Crippen LogP contribution in [-0.4, -0.2) is 50.7 Å². The average molecular weight is 241 g/mol. The summed E-state index contributed by atoms with van der Waals surface area (Å²) >= 11 is 0. The van der Waals surface area contributed by atoms with Crippen LogP contribution in [0.4, 0.5) is 0 Å². The van der Waals surface area contributed by atoms with Gasteiger partial charge in [0.1, 0.15) is 6.61 Å². The van der Waals surface area contributed by atoms with Gasteiger partial charge in [0, 0.05) is 20.2 Å².